The van der Waals surface area contributed by atoms with Gasteiger partial charge in [0.15, 0.2) is 0 Å². The molecule has 90 valence electrons. The van der Waals surface area contributed by atoms with Gasteiger partial charge in [0, 0.05) is 11.0 Å². The number of aliphatic hydroxyl groups is 1. The van der Waals surface area contributed by atoms with Gasteiger partial charge in [0.2, 0.25) is 0 Å². The molecule has 4 heteroatoms. The SMILES string of the molecule is CNCc1cc(OC(C)C(C)O)ccc1Br. The van der Waals surface area contributed by atoms with Gasteiger partial charge in [-0.3, -0.25) is 0 Å². The summed E-state index contributed by atoms with van der Waals surface area (Å²) in [4.78, 5) is 0. The van der Waals surface area contributed by atoms with Crippen molar-refractivity contribution in [2.24, 2.45) is 0 Å². The summed E-state index contributed by atoms with van der Waals surface area (Å²) in [6.07, 6.45) is -0.681. The van der Waals surface area contributed by atoms with Crippen molar-refractivity contribution in [3.63, 3.8) is 0 Å². The second kappa shape index (κ2) is 6.23. The van der Waals surface area contributed by atoms with Gasteiger partial charge in [0.1, 0.15) is 11.9 Å². The number of aliphatic hydroxyl groups excluding tert-OH is 1. The van der Waals surface area contributed by atoms with Crippen LogP contribution in [0, 0.1) is 0 Å². The fourth-order valence-corrected chi connectivity index (χ4v) is 1.65. The van der Waals surface area contributed by atoms with Crippen LogP contribution in [0.15, 0.2) is 22.7 Å². The minimum Gasteiger partial charge on any atom is -0.488 e. The smallest absolute Gasteiger partial charge is 0.121 e. The highest BCUT2D eigenvalue weighted by Gasteiger charge is 2.11. The Morgan fingerprint density at radius 3 is 2.69 bits per heavy atom. The minimum atomic E-state index is -0.476. The molecule has 2 N–H and O–H groups in total. The highest BCUT2D eigenvalue weighted by molar-refractivity contribution is 9.10. The summed E-state index contributed by atoms with van der Waals surface area (Å²) in [6.45, 7) is 4.35. The molecule has 0 amide bonds. The summed E-state index contributed by atoms with van der Waals surface area (Å²) in [6, 6.07) is 5.82. The van der Waals surface area contributed by atoms with Gasteiger partial charge in [-0.05, 0) is 44.7 Å². The van der Waals surface area contributed by atoms with Gasteiger partial charge in [-0.25, -0.2) is 0 Å². The third-order valence-corrected chi connectivity index (χ3v) is 3.16. The number of hydrogen-bond donors (Lipinski definition) is 2. The standard InChI is InChI=1S/C12H18BrNO2/c1-8(15)9(2)16-11-4-5-12(13)10(6-11)7-14-3/h4-6,8-9,14-15H,7H2,1-3H3. The Kier molecular flexibility index (Phi) is 5.25. The first kappa shape index (κ1) is 13.5. The van der Waals surface area contributed by atoms with E-state index in [-0.39, 0.29) is 6.10 Å². The Labute approximate surface area is 105 Å². The van der Waals surface area contributed by atoms with Crippen molar-refractivity contribution in [3.8, 4) is 5.75 Å². The lowest BCUT2D eigenvalue weighted by Gasteiger charge is -2.18. The first-order valence-electron chi connectivity index (χ1n) is 5.32. The van der Waals surface area contributed by atoms with Crippen LogP contribution in [-0.2, 0) is 6.54 Å². The topological polar surface area (TPSA) is 41.5 Å². The van der Waals surface area contributed by atoms with Gasteiger partial charge >= 0.3 is 0 Å². The Balaban J connectivity index is 2.78. The maximum absolute atomic E-state index is 9.36. The first-order chi connectivity index (χ1) is 7.54. The molecular weight excluding hydrogens is 270 g/mol. The van der Waals surface area contributed by atoms with Gasteiger partial charge in [-0.15, -0.1) is 0 Å². The normalized spacial score (nSPS) is 14.6. The van der Waals surface area contributed by atoms with Gasteiger partial charge < -0.3 is 15.2 Å². The zero-order chi connectivity index (χ0) is 12.1. The monoisotopic (exact) mass is 287 g/mol. The van der Waals surface area contributed by atoms with Crippen molar-refractivity contribution in [1.29, 1.82) is 0 Å². The van der Waals surface area contributed by atoms with Crippen molar-refractivity contribution in [2.45, 2.75) is 32.6 Å². The lowest BCUT2D eigenvalue weighted by Crippen LogP contribution is -2.25. The van der Waals surface area contributed by atoms with Crippen LogP contribution >= 0.6 is 15.9 Å². The largest absolute Gasteiger partial charge is 0.488 e. The molecule has 0 radical (unpaired) electrons. The van der Waals surface area contributed by atoms with Crippen LogP contribution in [0.1, 0.15) is 19.4 Å². The predicted octanol–water partition coefficient (Wildman–Crippen LogP) is 2.32. The van der Waals surface area contributed by atoms with E-state index in [2.05, 4.69) is 21.2 Å². The van der Waals surface area contributed by atoms with Crippen LogP contribution in [0.2, 0.25) is 0 Å². The summed E-state index contributed by atoms with van der Waals surface area (Å²) in [5.74, 6) is 0.779. The van der Waals surface area contributed by atoms with Gasteiger partial charge in [0.05, 0.1) is 6.10 Å². The second-order valence-electron chi connectivity index (χ2n) is 3.85. The second-order valence-corrected chi connectivity index (χ2v) is 4.70. The molecule has 3 nitrogen and oxygen atoms in total. The van der Waals surface area contributed by atoms with E-state index in [1.54, 1.807) is 6.92 Å². The van der Waals surface area contributed by atoms with E-state index in [1.807, 2.05) is 32.2 Å². The molecule has 0 aromatic heterocycles. The highest BCUT2D eigenvalue weighted by Crippen LogP contribution is 2.23. The Hall–Kier alpha value is -0.580. The number of ether oxygens (including phenoxy) is 1. The molecule has 0 aliphatic rings. The van der Waals surface area contributed by atoms with Crippen LogP contribution < -0.4 is 10.1 Å². The lowest BCUT2D eigenvalue weighted by atomic mass is 10.2. The fraction of sp³-hybridized carbons (Fsp3) is 0.500. The van der Waals surface area contributed by atoms with Gasteiger partial charge in [-0.1, -0.05) is 15.9 Å². The van der Waals surface area contributed by atoms with E-state index >= 15 is 0 Å². The molecule has 0 fully saturated rings. The summed E-state index contributed by atoms with van der Waals surface area (Å²) < 4.78 is 6.67. The van der Waals surface area contributed by atoms with Gasteiger partial charge in [-0.2, -0.15) is 0 Å². The maximum atomic E-state index is 9.36. The van der Waals surface area contributed by atoms with Crippen molar-refractivity contribution >= 4 is 15.9 Å². The molecule has 2 atom stereocenters. The van der Waals surface area contributed by atoms with E-state index in [4.69, 9.17) is 4.74 Å². The molecule has 0 spiro atoms. The molecule has 2 unspecified atom stereocenters. The summed E-state index contributed by atoms with van der Waals surface area (Å²) in [7, 11) is 1.90. The van der Waals surface area contributed by atoms with Gasteiger partial charge in [0.25, 0.3) is 0 Å². The zero-order valence-corrected chi connectivity index (χ0v) is 11.4. The van der Waals surface area contributed by atoms with E-state index in [1.165, 1.54) is 0 Å². The van der Waals surface area contributed by atoms with Crippen LogP contribution in [0.3, 0.4) is 0 Å². The fourth-order valence-electron chi connectivity index (χ4n) is 1.26. The molecule has 0 saturated heterocycles. The summed E-state index contributed by atoms with van der Waals surface area (Å²) in [5.41, 5.74) is 1.14. The van der Waals surface area contributed by atoms with E-state index < -0.39 is 6.10 Å². The third kappa shape index (κ3) is 3.77. The lowest BCUT2D eigenvalue weighted by molar-refractivity contribution is 0.0604. The Bertz CT molecular complexity index is 342. The van der Waals surface area contributed by atoms with E-state index in [9.17, 15) is 5.11 Å². The highest BCUT2D eigenvalue weighted by atomic mass is 79.9. The Morgan fingerprint density at radius 2 is 2.12 bits per heavy atom. The quantitative estimate of drug-likeness (QED) is 0.873. The molecule has 16 heavy (non-hydrogen) atoms. The Morgan fingerprint density at radius 1 is 1.44 bits per heavy atom. The van der Waals surface area contributed by atoms with E-state index in [0.717, 1.165) is 22.3 Å². The molecule has 1 aromatic rings. The zero-order valence-electron chi connectivity index (χ0n) is 9.83. The average molecular weight is 288 g/mol. The van der Waals surface area contributed by atoms with E-state index in [0.29, 0.717) is 0 Å². The molecule has 1 rings (SSSR count). The number of nitrogens with one attached hydrogen (secondary N) is 1. The van der Waals surface area contributed by atoms with Crippen molar-refractivity contribution in [3.05, 3.63) is 28.2 Å². The van der Waals surface area contributed by atoms with Crippen LogP contribution in [0.25, 0.3) is 0 Å². The van der Waals surface area contributed by atoms with Crippen LogP contribution in [-0.4, -0.2) is 24.4 Å². The van der Waals surface area contributed by atoms with Crippen molar-refractivity contribution in [1.82, 2.24) is 5.32 Å². The number of rotatable bonds is 5. The molecule has 1 aromatic carbocycles. The molecular formula is C12H18BrNO2. The van der Waals surface area contributed by atoms with Crippen molar-refractivity contribution in [2.75, 3.05) is 7.05 Å². The maximum Gasteiger partial charge on any atom is 0.121 e. The molecule has 0 bridgehead atoms. The number of halogens is 1. The minimum absolute atomic E-state index is 0.205. The predicted molar refractivity (Wildman–Crippen MR) is 68.7 cm³/mol. The molecule has 0 saturated carbocycles. The number of hydrogen-bond acceptors (Lipinski definition) is 3. The molecule has 0 heterocycles. The third-order valence-electron chi connectivity index (χ3n) is 2.39. The molecule has 0 aliphatic heterocycles. The van der Waals surface area contributed by atoms with Crippen molar-refractivity contribution < 1.29 is 9.84 Å². The molecule has 0 aliphatic carbocycles. The van der Waals surface area contributed by atoms with Crippen LogP contribution in [0.5, 0.6) is 5.75 Å². The first-order valence-corrected chi connectivity index (χ1v) is 6.11. The summed E-state index contributed by atoms with van der Waals surface area (Å²) in [5, 5.41) is 12.5. The average Bonchev–Trinajstić information content (AvgIpc) is 2.23. The van der Waals surface area contributed by atoms with Crippen LogP contribution in [0.4, 0.5) is 0 Å². The number of benzene rings is 1. The summed E-state index contributed by atoms with van der Waals surface area (Å²) >= 11 is 3.48.